The molecule has 2 heterocycles. The number of carbonyl (C=O) groups is 1. The second-order valence-electron chi connectivity index (χ2n) is 6.18. The van der Waals surface area contributed by atoms with Crippen molar-refractivity contribution in [2.75, 3.05) is 0 Å². The van der Waals surface area contributed by atoms with Crippen molar-refractivity contribution < 1.29 is 9.72 Å². The quantitative estimate of drug-likeness (QED) is 0.641. The smallest absolute Gasteiger partial charge is 0.307 e. The van der Waals surface area contributed by atoms with Crippen LogP contribution in [-0.2, 0) is 16.9 Å². The van der Waals surface area contributed by atoms with Crippen molar-refractivity contribution in [1.82, 2.24) is 24.9 Å². The van der Waals surface area contributed by atoms with Crippen molar-refractivity contribution in [2.24, 2.45) is 0 Å². The van der Waals surface area contributed by atoms with E-state index in [-0.39, 0.29) is 17.6 Å². The van der Waals surface area contributed by atoms with Crippen molar-refractivity contribution in [3.63, 3.8) is 0 Å². The zero-order valence-corrected chi connectivity index (χ0v) is 14.5. The predicted octanol–water partition coefficient (Wildman–Crippen LogP) is 1.93. The van der Waals surface area contributed by atoms with E-state index in [4.69, 9.17) is 0 Å². The first-order chi connectivity index (χ1) is 11.2. The zero-order valence-electron chi connectivity index (χ0n) is 14.5. The molecule has 0 aromatic carbocycles. The SMILES string of the molecule is CCn1cc(C(C)NC(=O)C(C)(C)n2cc([N+](=O)[O-])cn2)c(C)n1. The number of hydrogen-bond donors (Lipinski definition) is 1. The molecule has 0 spiro atoms. The Kier molecular flexibility index (Phi) is 4.72. The van der Waals surface area contributed by atoms with Gasteiger partial charge in [0.1, 0.15) is 17.9 Å². The molecule has 0 aliphatic rings. The number of rotatable bonds is 6. The molecule has 9 nitrogen and oxygen atoms in total. The fraction of sp³-hybridized carbons (Fsp3) is 0.533. The summed E-state index contributed by atoms with van der Waals surface area (Å²) in [6.45, 7) is 9.84. The summed E-state index contributed by atoms with van der Waals surface area (Å²) in [6.07, 6.45) is 4.30. The van der Waals surface area contributed by atoms with Crippen LogP contribution in [0.3, 0.4) is 0 Å². The molecule has 2 aromatic heterocycles. The molecule has 2 aromatic rings. The summed E-state index contributed by atoms with van der Waals surface area (Å²) in [5.74, 6) is -0.281. The normalized spacial score (nSPS) is 12.9. The second-order valence-corrected chi connectivity index (χ2v) is 6.18. The fourth-order valence-corrected chi connectivity index (χ4v) is 2.39. The Labute approximate surface area is 139 Å². The third kappa shape index (κ3) is 3.29. The number of carbonyl (C=O) groups excluding carboxylic acids is 1. The molecular formula is C15H22N6O3. The van der Waals surface area contributed by atoms with Crippen molar-refractivity contribution in [1.29, 1.82) is 0 Å². The Morgan fingerprint density at radius 1 is 1.46 bits per heavy atom. The molecule has 0 radical (unpaired) electrons. The maximum Gasteiger partial charge on any atom is 0.307 e. The number of aryl methyl sites for hydroxylation is 2. The Morgan fingerprint density at radius 3 is 2.62 bits per heavy atom. The summed E-state index contributed by atoms with van der Waals surface area (Å²) < 4.78 is 3.12. The van der Waals surface area contributed by atoms with Crippen LogP contribution >= 0.6 is 0 Å². The van der Waals surface area contributed by atoms with Gasteiger partial charge in [-0.05, 0) is 34.6 Å². The van der Waals surface area contributed by atoms with E-state index in [1.54, 1.807) is 13.8 Å². The van der Waals surface area contributed by atoms with Crippen LogP contribution in [0.1, 0.15) is 45.0 Å². The molecule has 2 rings (SSSR count). The molecule has 130 valence electrons. The molecule has 0 fully saturated rings. The third-order valence-electron chi connectivity index (χ3n) is 4.03. The minimum Gasteiger partial charge on any atom is -0.347 e. The molecule has 1 unspecified atom stereocenters. The first kappa shape index (κ1) is 17.6. The van der Waals surface area contributed by atoms with E-state index in [0.717, 1.165) is 24.0 Å². The van der Waals surface area contributed by atoms with Gasteiger partial charge >= 0.3 is 5.69 Å². The molecule has 24 heavy (non-hydrogen) atoms. The molecule has 0 bridgehead atoms. The Balaban J connectivity index is 2.17. The van der Waals surface area contributed by atoms with Crippen molar-refractivity contribution in [2.45, 2.75) is 52.7 Å². The highest BCUT2D eigenvalue weighted by Gasteiger charge is 2.33. The lowest BCUT2D eigenvalue weighted by Gasteiger charge is -2.26. The molecule has 0 aliphatic heterocycles. The van der Waals surface area contributed by atoms with Crippen molar-refractivity contribution in [3.8, 4) is 0 Å². The van der Waals surface area contributed by atoms with Crippen LogP contribution < -0.4 is 5.32 Å². The van der Waals surface area contributed by atoms with E-state index < -0.39 is 10.5 Å². The number of hydrogen-bond acceptors (Lipinski definition) is 5. The summed E-state index contributed by atoms with van der Waals surface area (Å²) in [5.41, 5.74) is 0.589. The van der Waals surface area contributed by atoms with Gasteiger partial charge in [0.05, 0.1) is 16.7 Å². The van der Waals surface area contributed by atoms with Gasteiger partial charge < -0.3 is 5.32 Å². The van der Waals surface area contributed by atoms with Crippen LogP contribution in [0.2, 0.25) is 0 Å². The van der Waals surface area contributed by atoms with Gasteiger partial charge in [-0.1, -0.05) is 0 Å². The summed E-state index contributed by atoms with van der Waals surface area (Å²) >= 11 is 0. The standard InChI is InChI=1S/C15H22N6O3/c1-6-19-9-13(11(3)18-19)10(2)17-14(22)15(4,5)20-8-12(7-16-20)21(23)24/h7-10H,6H2,1-5H3,(H,17,22). The topological polar surface area (TPSA) is 108 Å². The Morgan fingerprint density at radius 2 is 2.12 bits per heavy atom. The predicted molar refractivity (Wildman–Crippen MR) is 87.4 cm³/mol. The average molecular weight is 334 g/mol. The van der Waals surface area contributed by atoms with E-state index >= 15 is 0 Å². The highest BCUT2D eigenvalue weighted by atomic mass is 16.6. The highest BCUT2D eigenvalue weighted by Crippen LogP contribution is 2.22. The average Bonchev–Trinajstić information content (AvgIpc) is 3.13. The Bertz CT molecular complexity index is 761. The molecule has 1 amide bonds. The van der Waals surface area contributed by atoms with E-state index in [0.29, 0.717) is 0 Å². The van der Waals surface area contributed by atoms with E-state index in [2.05, 4.69) is 15.5 Å². The van der Waals surface area contributed by atoms with E-state index in [9.17, 15) is 14.9 Å². The molecule has 0 saturated heterocycles. The van der Waals surface area contributed by atoms with Crippen LogP contribution in [0.5, 0.6) is 0 Å². The molecule has 0 aliphatic carbocycles. The van der Waals surface area contributed by atoms with Gasteiger partial charge in [-0.3, -0.25) is 24.3 Å². The van der Waals surface area contributed by atoms with Gasteiger partial charge in [-0.15, -0.1) is 0 Å². The van der Waals surface area contributed by atoms with Gasteiger partial charge in [-0.2, -0.15) is 10.2 Å². The first-order valence-electron chi connectivity index (χ1n) is 7.71. The van der Waals surface area contributed by atoms with Gasteiger partial charge in [0.2, 0.25) is 5.91 Å². The van der Waals surface area contributed by atoms with Crippen LogP contribution in [0.4, 0.5) is 5.69 Å². The third-order valence-corrected chi connectivity index (χ3v) is 4.03. The molecular weight excluding hydrogens is 312 g/mol. The molecule has 0 saturated carbocycles. The second kappa shape index (κ2) is 6.42. The van der Waals surface area contributed by atoms with E-state index in [1.807, 2.05) is 31.6 Å². The number of nitrogens with one attached hydrogen (secondary N) is 1. The molecule has 1 atom stereocenters. The van der Waals surface area contributed by atoms with E-state index in [1.165, 1.54) is 10.9 Å². The maximum atomic E-state index is 12.6. The lowest BCUT2D eigenvalue weighted by molar-refractivity contribution is -0.385. The van der Waals surface area contributed by atoms with Crippen LogP contribution in [0.25, 0.3) is 0 Å². The largest absolute Gasteiger partial charge is 0.347 e. The number of aromatic nitrogens is 4. The van der Waals surface area contributed by atoms with Crippen molar-refractivity contribution in [3.05, 3.63) is 40.0 Å². The Hall–Kier alpha value is -2.71. The number of amides is 1. The van der Waals surface area contributed by atoms with Crippen molar-refractivity contribution >= 4 is 11.6 Å². The summed E-state index contributed by atoms with van der Waals surface area (Å²) in [6, 6.07) is -0.234. The highest BCUT2D eigenvalue weighted by molar-refractivity contribution is 5.83. The monoisotopic (exact) mass is 334 g/mol. The minimum absolute atomic E-state index is 0.149. The molecule has 1 N–H and O–H groups in total. The zero-order chi connectivity index (χ0) is 18.1. The van der Waals surface area contributed by atoms with Gasteiger partial charge in [0.25, 0.3) is 0 Å². The maximum absolute atomic E-state index is 12.6. The first-order valence-corrected chi connectivity index (χ1v) is 7.71. The number of nitro groups is 1. The van der Waals surface area contributed by atoms with Gasteiger partial charge in [0.15, 0.2) is 0 Å². The molecule has 9 heteroatoms. The lowest BCUT2D eigenvalue weighted by Crippen LogP contribution is -2.45. The van der Waals surface area contributed by atoms with Crippen LogP contribution in [0, 0.1) is 17.0 Å². The summed E-state index contributed by atoms with van der Waals surface area (Å²) in [4.78, 5) is 22.9. The minimum atomic E-state index is -1.06. The van der Waals surface area contributed by atoms with Gasteiger partial charge in [0, 0.05) is 18.3 Å². The summed E-state index contributed by atoms with van der Waals surface area (Å²) in [7, 11) is 0. The number of nitrogens with zero attached hydrogens (tertiary/aromatic N) is 5. The summed E-state index contributed by atoms with van der Waals surface area (Å²) in [5, 5.41) is 22.0. The van der Waals surface area contributed by atoms with Gasteiger partial charge in [-0.25, -0.2) is 0 Å². The fourth-order valence-electron chi connectivity index (χ4n) is 2.39. The van der Waals surface area contributed by atoms with Crippen LogP contribution in [0.15, 0.2) is 18.6 Å². The lowest BCUT2D eigenvalue weighted by atomic mass is 10.0. The van der Waals surface area contributed by atoms with Crippen LogP contribution in [-0.4, -0.2) is 30.4 Å².